The number of H-pyrrole nitrogens is 1. The predicted molar refractivity (Wildman–Crippen MR) is 77.3 cm³/mol. The van der Waals surface area contributed by atoms with E-state index in [2.05, 4.69) is 9.97 Å². The first kappa shape index (κ1) is 13.5. The molecule has 0 aliphatic heterocycles. The highest BCUT2D eigenvalue weighted by molar-refractivity contribution is 5.77. The number of nitrogens with one attached hydrogen (secondary N) is 1. The third kappa shape index (κ3) is 3.14. The Kier molecular flexibility index (Phi) is 3.75. The van der Waals surface area contributed by atoms with Gasteiger partial charge in [0.15, 0.2) is 0 Å². The van der Waals surface area contributed by atoms with Crippen molar-refractivity contribution in [1.29, 1.82) is 0 Å². The lowest BCUT2D eigenvalue weighted by atomic mass is 10.2. The number of ether oxygens (including phenoxy) is 1. The van der Waals surface area contributed by atoms with Crippen molar-refractivity contribution >= 4 is 10.9 Å². The molecule has 21 heavy (non-hydrogen) atoms. The minimum Gasteiger partial charge on any atom is -0.369 e. The van der Waals surface area contributed by atoms with Gasteiger partial charge in [-0.05, 0) is 29.8 Å². The standard InChI is InChI=1S/C16H13FN2O2/c17-12-7-5-11(6-8-12)9-21-10-15-18-14-4-2-1-3-13(14)16(20)19-15/h1-8H,9-10H2,(H,18,19,20). The molecule has 4 nitrogen and oxygen atoms in total. The van der Waals surface area contributed by atoms with Gasteiger partial charge in [0.05, 0.1) is 17.5 Å². The second-order valence-electron chi connectivity index (χ2n) is 4.65. The third-order valence-corrected chi connectivity index (χ3v) is 3.08. The molecule has 1 heterocycles. The number of para-hydroxylation sites is 1. The Morgan fingerprint density at radius 2 is 1.81 bits per heavy atom. The number of hydrogen-bond donors (Lipinski definition) is 1. The van der Waals surface area contributed by atoms with E-state index in [1.54, 1.807) is 30.3 Å². The summed E-state index contributed by atoms with van der Waals surface area (Å²) in [5.74, 6) is 0.195. The summed E-state index contributed by atoms with van der Waals surface area (Å²) in [6.07, 6.45) is 0. The maximum atomic E-state index is 12.8. The molecule has 2 aromatic carbocycles. The fourth-order valence-electron chi connectivity index (χ4n) is 2.05. The number of nitrogens with zero attached hydrogens (tertiary/aromatic N) is 1. The number of hydrogen-bond acceptors (Lipinski definition) is 3. The van der Waals surface area contributed by atoms with E-state index in [1.807, 2.05) is 6.07 Å². The Bertz CT molecular complexity index is 812. The molecule has 0 unspecified atom stereocenters. The van der Waals surface area contributed by atoms with Crippen LogP contribution in [-0.4, -0.2) is 9.97 Å². The van der Waals surface area contributed by atoms with Gasteiger partial charge < -0.3 is 9.72 Å². The topological polar surface area (TPSA) is 55.0 Å². The van der Waals surface area contributed by atoms with E-state index in [0.29, 0.717) is 23.3 Å². The van der Waals surface area contributed by atoms with Crippen LogP contribution >= 0.6 is 0 Å². The Labute approximate surface area is 120 Å². The van der Waals surface area contributed by atoms with Gasteiger partial charge >= 0.3 is 0 Å². The van der Waals surface area contributed by atoms with Crippen LogP contribution in [0.3, 0.4) is 0 Å². The van der Waals surface area contributed by atoms with Crippen molar-refractivity contribution in [1.82, 2.24) is 9.97 Å². The van der Waals surface area contributed by atoms with Crippen molar-refractivity contribution in [3.8, 4) is 0 Å². The van der Waals surface area contributed by atoms with Gasteiger partial charge in [-0.1, -0.05) is 24.3 Å². The van der Waals surface area contributed by atoms with Crippen LogP contribution in [0.25, 0.3) is 10.9 Å². The largest absolute Gasteiger partial charge is 0.369 e. The van der Waals surface area contributed by atoms with Gasteiger partial charge in [-0.3, -0.25) is 4.79 Å². The Morgan fingerprint density at radius 1 is 1.05 bits per heavy atom. The normalized spacial score (nSPS) is 10.9. The molecular formula is C16H13FN2O2. The Balaban J connectivity index is 1.70. The Hall–Kier alpha value is -2.53. The summed E-state index contributed by atoms with van der Waals surface area (Å²) in [6, 6.07) is 13.2. The molecule has 0 amide bonds. The maximum Gasteiger partial charge on any atom is 0.258 e. The summed E-state index contributed by atoms with van der Waals surface area (Å²) in [5, 5.41) is 0.555. The molecule has 0 fully saturated rings. The van der Waals surface area contributed by atoms with E-state index in [4.69, 9.17) is 4.74 Å². The van der Waals surface area contributed by atoms with Crippen LogP contribution in [0.2, 0.25) is 0 Å². The zero-order valence-electron chi connectivity index (χ0n) is 11.2. The fraction of sp³-hybridized carbons (Fsp3) is 0.125. The van der Waals surface area contributed by atoms with Crippen molar-refractivity contribution in [2.75, 3.05) is 0 Å². The van der Waals surface area contributed by atoms with Crippen LogP contribution in [0.5, 0.6) is 0 Å². The van der Waals surface area contributed by atoms with E-state index in [9.17, 15) is 9.18 Å². The predicted octanol–water partition coefficient (Wildman–Crippen LogP) is 2.78. The van der Waals surface area contributed by atoms with Gasteiger partial charge in [0, 0.05) is 0 Å². The lowest BCUT2D eigenvalue weighted by molar-refractivity contribution is 0.102. The molecule has 0 aliphatic carbocycles. The quantitative estimate of drug-likeness (QED) is 0.801. The second-order valence-corrected chi connectivity index (χ2v) is 4.65. The molecule has 5 heteroatoms. The molecule has 106 valence electrons. The number of aromatic nitrogens is 2. The molecule has 0 bridgehead atoms. The zero-order chi connectivity index (χ0) is 14.7. The summed E-state index contributed by atoms with van der Waals surface area (Å²) in [7, 11) is 0. The summed E-state index contributed by atoms with van der Waals surface area (Å²) in [5.41, 5.74) is 1.32. The third-order valence-electron chi connectivity index (χ3n) is 3.08. The first-order valence-corrected chi connectivity index (χ1v) is 6.52. The molecule has 0 saturated heterocycles. The van der Waals surface area contributed by atoms with Gasteiger partial charge in [0.1, 0.15) is 18.2 Å². The monoisotopic (exact) mass is 284 g/mol. The Morgan fingerprint density at radius 3 is 2.62 bits per heavy atom. The summed E-state index contributed by atoms with van der Waals surface area (Å²) in [4.78, 5) is 18.9. The van der Waals surface area contributed by atoms with Crippen LogP contribution < -0.4 is 5.56 Å². The van der Waals surface area contributed by atoms with Crippen LogP contribution in [-0.2, 0) is 18.0 Å². The second kappa shape index (κ2) is 5.85. The number of benzene rings is 2. The van der Waals surface area contributed by atoms with Crippen LogP contribution in [0, 0.1) is 5.82 Å². The average Bonchev–Trinajstić information content (AvgIpc) is 2.49. The van der Waals surface area contributed by atoms with Crippen molar-refractivity contribution < 1.29 is 9.13 Å². The van der Waals surface area contributed by atoms with Gasteiger partial charge in [-0.15, -0.1) is 0 Å². The van der Waals surface area contributed by atoms with E-state index < -0.39 is 0 Å². The lowest BCUT2D eigenvalue weighted by Crippen LogP contribution is -2.12. The van der Waals surface area contributed by atoms with Crippen molar-refractivity contribution in [2.24, 2.45) is 0 Å². The minimum atomic E-state index is -0.278. The molecule has 0 spiro atoms. The number of halogens is 1. The summed E-state index contributed by atoms with van der Waals surface area (Å²) < 4.78 is 18.3. The molecule has 0 aliphatic rings. The van der Waals surface area contributed by atoms with Crippen molar-refractivity contribution in [3.05, 3.63) is 76.1 Å². The molecule has 1 aromatic heterocycles. The van der Waals surface area contributed by atoms with Crippen LogP contribution in [0.4, 0.5) is 4.39 Å². The van der Waals surface area contributed by atoms with Crippen molar-refractivity contribution in [2.45, 2.75) is 13.2 Å². The van der Waals surface area contributed by atoms with E-state index in [0.717, 1.165) is 5.56 Å². The molecule has 0 atom stereocenters. The van der Waals surface area contributed by atoms with Crippen LogP contribution in [0.15, 0.2) is 53.3 Å². The fourth-order valence-corrected chi connectivity index (χ4v) is 2.05. The molecule has 3 rings (SSSR count). The van der Waals surface area contributed by atoms with Crippen LogP contribution in [0.1, 0.15) is 11.4 Å². The first-order chi connectivity index (χ1) is 10.2. The van der Waals surface area contributed by atoms with Gasteiger partial charge in [0.2, 0.25) is 0 Å². The first-order valence-electron chi connectivity index (χ1n) is 6.52. The average molecular weight is 284 g/mol. The zero-order valence-corrected chi connectivity index (χ0v) is 11.2. The molecule has 0 radical (unpaired) electrons. The smallest absolute Gasteiger partial charge is 0.258 e. The number of aromatic amines is 1. The molecular weight excluding hydrogens is 271 g/mol. The number of rotatable bonds is 4. The molecule has 0 saturated carbocycles. The molecule has 3 aromatic rings. The minimum absolute atomic E-state index is 0.180. The van der Waals surface area contributed by atoms with E-state index >= 15 is 0 Å². The van der Waals surface area contributed by atoms with Gasteiger partial charge in [-0.2, -0.15) is 0 Å². The maximum absolute atomic E-state index is 12.8. The van der Waals surface area contributed by atoms with Crippen molar-refractivity contribution in [3.63, 3.8) is 0 Å². The summed E-state index contributed by atoms with van der Waals surface area (Å²) in [6.45, 7) is 0.522. The highest BCUT2D eigenvalue weighted by atomic mass is 19.1. The van der Waals surface area contributed by atoms with Gasteiger partial charge in [0.25, 0.3) is 5.56 Å². The number of fused-ring (bicyclic) bond motifs is 1. The highest BCUT2D eigenvalue weighted by Crippen LogP contribution is 2.08. The highest BCUT2D eigenvalue weighted by Gasteiger charge is 2.03. The lowest BCUT2D eigenvalue weighted by Gasteiger charge is -2.05. The SMILES string of the molecule is O=c1[nH]c(COCc2ccc(F)cc2)nc2ccccc12. The van der Waals surface area contributed by atoms with E-state index in [-0.39, 0.29) is 18.0 Å². The summed E-state index contributed by atoms with van der Waals surface area (Å²) >= 11 is 0. The van der Waals surface area contributed by atoms with Gasteiger partial charge in [-0.25, -0.2) is 9.37 Å². The van der Waals surface area contributed by atoms with E-state index in [1.165, 1.54) is 12.1 Å². The molecule has 1 N–H and O–H groups in total.